The standard InChI is InChI=1S/C15H22ClN3O2/c16-13-8-11(3-4-14(13)20)9-19-7-1-2-12(10-19)15(21)18-6-5-17/h3-4,8,12,20H,1-2,5-7,9-10,17H2,(H,18,21). The van der Waals surface area contributed by atoms with E-state index < -0.39 is 0 Å². The number of phenols is 1. The Bertz CT molecular complexity index is 496. The second-order valence-electron chi connectivity index (χ2n) is 5.44. The number of nitrogens with one attached hydrogen (secondary N) is 1. The molecule has 1 amide bonds. The second-order valence-corrected chi connectivity index (χ2v) is 5.85. The number of phenolic OH excluding ortho intramolecular Hbond substituents is 1. The van der Waals surface area contributed by atoms with Gasteiger partial charge in [-0.05, 0) is 37.1 Å². The minimum atomic E-state index is 0.0258. The van der Waals surface area contributed by atoms with Crippen LogP contribution in [0.25, 0.3) is 0 Å². The number of hydrogen-bond donors (Lipinski definition) is 3. The van der Waals surface area contributed by atoms with Crippen LogP contribution in [0.3, 0.4) is 0 Å². The molecular weight excluding hydrogens is 290 g/mol. The second kappa shape index (κ2) is 7.64. The fraction of sp³-hybridized carbons (Fsp3) is 0.533. The molecule has 1 aliphatic rings. The lowest BCUT2D eigenvalue weighted by Crippen LogP contribution is -2.43. The van der Waals surface area contributed by atoms with Gasteiger partial charge in [0.25, 0.3) is 0 Å². The summed E-state index contributed by atoms with van der Waals surface area (Å²) in [7, 11) is 0. The summed E-state index contributed by atoms with van der Waals surface area (Å²) in [5, 5.41) is 12.7. The third-order valence-electron chi connectivity index (χ3n) is 3.74. The zero-order valence-corrected chi connectivity index (χ0v) is 12.8. The highest BCUT2D eigenvalue weighted by Gasteiger charge is 2.25. The first-order valence-corrected chi connectivity index (χ1v) is 7.65. The van der Waals surface area contributed by atoms with E-state index in [9.17, 15) is 9.90 Å². The summed E-state index contributed by atoms with van der Waals surface area (Å²) < 4.78 is 0. The molecule has 6 heteroatoms. The Morgan fingerprint density at radius 1 is 1.52 bits per heavy atom. The van der Waals surface area contributed by atoms with Crippen molar-refractivity contribution in [3.05, 3.63) is 28.8 Å². The van der Waals surface area contributed by atoms with Crippen LogP contribution in [0.4, 0.5) is 0 Å². The molecule has 0 aromatic heterocycles. The van der Waals surface area contributed by atoms with Crippen LogP contribution in [0.15, 0.2) is 18.2 Å². The predicted molar refractivity (Wildman–Crippen MR) is 83.2 cm³/mol. The highest BCUT2D eigenvalue weighted by molar-refractivity contribution is 6.32. The van der Waals surface area contributed by atoms with Gasteiger partial charge in [0.2, 0.25) is 5.91 Å². The van der Waals surface area contributed by atoms with E-state index in [1.165, 1.54) is 0 Å². The molecule has 0 bridgehead atoms. The van der Waals surface area contributed by atoms with Crippen molar-refractivity contribution in [2.45, 2.75) is 19.4 Å². The maximum absolute atomic E-state index is 12.0. The van der Waals surface area contributed by atoms with Gasteiger partial charge in [0.1, 0.15) is 5.75 Å². The van der Waals surface area contributed by atoms with Crippen molar-refractivity contribution in [2.24, 2.45) is 11.7 Å². The van der Waals surface area contributed by atoms with Gasteiger partial charge in [-0.2, -0.15) is 0 Å². The van der Waals surface area contributed by atoms with E-state index in [1.807, 2.05) is 6.07 Å². The minimum Gasteiger partial charge on any atom is -0.506 e. The Morgan fingerprint density at radius 2 is 2.33 bits per heavy atom. The summed E-state index contributed by atoms with van der Waals surface area (Å²) in [5.74, 6) is 0.213. The fourth-order valence-corrected chi connectivity index (χ4v) is 2.86. The van der Waals surface area contributed by atoms with Crippen LogP contribution >= 0.6 is 11.6 Å². The van der Waals surface area contributed by atoms with Crippen molar-refractivity contribution in [3.63, 3.8) is 0 Å². The Hall–Kier alpha value is -1.30. The summed E-state index contributed by atoms with van der Waals surface area (Å²) in [6.07, 6.45) is 1.93. The topological polar surface area (TPSA) is 78.6 Å². The smallest absolute Gasteiger partial charge is 0.224 e. The van der Waals surface area contributed by atoms with Crippen LogP contribution in [-0.2, 0) is 11.3 Å². The maximum Gasteiger partial charge on any atom is 0.224 e. The van der Waals surface area contributed by atoms with E-state index in [0.717, 1.165) is 38.0 Å². The molecule has 1 heterocycles. The first-order valence-electron chi connectivity index (χ1n) is 7.27. The fourth-order valence-electron chi connectivity index (χ4n) is 2.66. The number of nitrogens with two attached hydrogens (primary N) is 1. The van der Waals surface area contributed by atoms with E-state index in [-0.39, 0.29) is 17.6 Å². The van der Waals surface area contributed by atoms with Gasteiger partial charge in [0.05, 0.1) is 10.9 Å². The summed E-state index contributed by atoms with van der Waals surface area (Å²) in [5.41, 5.74) is 6.45. The zero-order valence-electron chi connectivity index (χ0n) is 12.0. The van der Waals surface area contributed by atoms with E-state index in [0.29, 0.717) is 18.1 Å². The van der Waals surface area contributed by atoms with Gasteiger partial charge in [0.15, 0.2) is 0 Å². The number of benzene rings is 1. The number of rotatable bonds is 5. The van der Waals surface area contributed by atoms with Gasteiger partial charge in [-0.25, -0.2) is 0 Å². The average Bonchev–Trinajstić information content (AvgIpc) is 2.49. The minimum absolute atomic E-state index is 0.0258. The van der Waals surface area contributed by atoms with Gasteiger partial charge in [0, 0.05) is 26.2 Å². The summed E-state index contributed by atoms with van der Waals surface area (Å²) >= 11 is 5.92. The predicted octanol–water partition coefficient (Wildman–Crippen LogP) is 1.33. The lowest BCUT2D eigenvalue weighted by molar-refractivity contribution is -0.126. The third kappa shape index (κ3) is 4.59. The zero-order chi connectivity index (χ0) is 15.2. The van der Waals surface area contributed by atoms with Crippen LogP contribution in [0.1, 0.15) is 18.4 Å². The number of likely N-dealkylation sites (tertiary alicyclic amines) is 1. The van der Waals surface area contributed by atoms with E-state index in [4.69, 9.17) is 17.3 Å². The van der Waals surface area contributed by atoms with Crippen molar-refractivity contribution >= 4 is 17.5 Å². The van der Waals surface area contributed by atoms with E-state index >= 15 is 0 Å². The normalized spacial score (nSPS) is 19.4. The van der Waals surface area contributed by atoms with Crippen LogP contribution in [0.5, 0.6) is 5.75 Å². The molecule has 116 valence electrons. The van der Waals surface area contributed by atoms with Gasteiger partial charge < -0.3 is 16.2 Å². The number of aromatic hydroxyl groups is 1. The molecule has 1 aliphatic heterocycles. The van der Waals surface area contributed by atoms with Crippen molar-refractivity contribution in [2.75, 3.05) is 26.2 Å². The number of carbonyl (C=O) groups excluding carboxylic acids is 1. The summed E-state index contributed by atoms with van der Waals surface area (Å²) in [6, 6.07) is 5.24. The van der Waals surface area contributed by atoms with Crippen molar-refractivity contribution < 1.29 is 9.90 Å². The largest absolute Gasteiger partial charge is 0.506 e. The Labute approximate surface area is 130 Å². The lowest BCUT2D eigenvalue weighted by Gasteiger charge is -2.32. The molecule has 1 atom stereocenters. The third-order valence-corrected chi connectivity index (χ3v) is 4.04. The maximum atomic E-state index is 12.0. The van der Waals surface area contributed by atoms with Crippen molar-refractivity contribution in [3.8, 4) is 5.75 Å². The van der Waals surface area contributed by atoms with Gasteiger partial charge in [-0.15, -0.1) is 0 Å². The SMILES string of the molecule is NCCNC(=O)C1CCCN(Cc2ccc(O)c(Cl)c2)C1. The number of hydrogen-bond acceptors (Lipinski definition) is 4. The number of carbonyl (C=O) groups is 1. The lowest BCUT2D eigenvalue weighted by atomic mass is 9.96. The first-order chi connectivity index (χ1) is 10.1. The Kier molecular flexibility index (Phi) is 5.85. The molecule has 1 aromatic carbocycles. The van der Waals surface area contributed by atoms with Crippen LogP contribution in [-0.4, -0.2) is 42.1 Å². The first kappa shape index (κ1) is 16.1. The van der Waals surface area contributed by atoms with Crippen molar-refractivity contribution in [1.29, 1.82) is 0 Å². The van der Waals surface area contributed by atoms with Gasteiger partial charge >= 0.3 is 0 Å². The molecule has 1 unspecified atom stereocenters. The Morgan fingerprint density at radius 3 is 3.05 bits per heavy atom. The molecule has 4 N–H and O–H groups in total. The molecular formula is C15H22ClN3O2. The van der Waals surface area contributed by atoms with Crippen LogP contribution in [0, 0.1) is 5.92 Å². The average molecular weight is 312 g/mol. The van der Waals surface area contributed by atoms with Crippen LogP contribution in [0.2, 0.25) is 5.02 Å². The van der Waals surface area contributed by atoms with Gasteiger partial charge in [-0.1, -0.05) is 17.7 Å². The van der Waals surface area contributed by atoms with E-state index in [1.54, 1.807) is 12.1 Å². The molecule has 1 saturated heterocycles. The molecule has 2 rings (SSSR count). The summed E-state index contributed by atoms with van der Waals surface area (Å²) in [6.45, 7) is 3.45. The molecule has 21 heavy (non-hydrogen) atoms. The summed E-state index contributed by atoms with van der Waals surface area (Å²) in [4.78, 5) is 14.3. The Balaban J connectivity index is 1.91. The molecule has 0 aliphatic carbocycles. The quantitative estimate of drug-likeness (QED) is 0.766. The molecule has 0 spiro atoms. The van der Waals surface area contributed by atoms with Crippen molar-refractivity contribution in [1.82, 2.24) is 10.2 Å². The monoisotopic (exact) mass is 311 g/mol. The number of halogens is 1. The molecule has 1 aromatic rings. The highest BCUT2D eigenvalue weighted by Crippen LogP contribution is 2.25. The number of nitrogens with zero attached hydrogens (tertiary/aromatic N) is 1. The molecule has 5 nitrogen and oxygen atoms in total. The van der Waals surface area contributed by atoms with E-state index in [2.05, 4.69) is 10.2 Å². The molecule has 0 saturated carbocycles. The molecule has 0 radical (unpaired) electrons. The number of piperidine rings is 1. The number of amides is 1. The van der Waals surface area contributed by atoms with Crippen LogP contribution < -0.4 is 11.1 Å². The van der Waals surface area contributed by atoms with Gasteiger partial charge in [-0.3, -0.25) is 9.69 Å². The molecule has 1 fully saturated rings. The highest BCUT2D eigenvalue weighted by atomic mass is 35.5.